The van der Waals surface area contributed by atoms with Crippen LogP contribution in [0.1, 0.15) is 25.3 Å². The van der Waals surface area contributed by atoms with E-state index in [0.29, 0.717) is 6.79 Å². The predicted octanol–water partition coefficient (Wildman–Crippen LogP) is 3.32. The molecule has 1 aromatic carbocycles. The van der Waals surface area contributed by atoms with Gasteiger partial charge in [-0.25, -0.2) is 0 Å². The van der Waals surface area contributed by atoms with Gasteiger partial charge in [-0.3, -0.25) is 0 Å². The van der Waals surface area contributed by atoms with Crippen molar-refractivity contribution in [2.45, 2.75) is 26.3 Å². The van der Waals surface area contributed by atoms with Crippen LogP contribution < -0.4 is 10.1 Å². The van der Waals surface area contributed by atoms with Crippen molar-refractivity contribution in [3.05, 3.63) is 28.2 Å². The first kappa shape index (κ1) is 13.8. The molecule has 0 atom stereocenters. The molecule has 0 aliphatic heterocycles. The van der Waals surface area contributed by atoms with Gasteiger partial charge in [-0.05, 0) is 58.9 Å². The molecule has 0 amide bonds. The minimum absolute atomic E-state index is 0.335. The average Bonchev–Trinajstić information content (AvgIpc) is 3.18. The molecule has 0 saturated heterocycles. The summed E-state index contributed by atoms with van der Waals surface area (Å²) in [5, 5.41) is 3.30. The van der Waals surface area contributed by atoms with Crippen molar-refractivity contribution in [3.63, 3.8) is 0 Å². The average molecular weight is 314 g/mol. The number of nitrogens with one attached hydrogen (secondary N) is 1. The summed E-state index contributed by atoms with van der Waals surface area (Å²) in [5.74, 6) is 1.62. The van der Waals surface area contributed by atoms with Crippen molar-refractivity contribution in [2.75, 3.05) is 19.9 Å². The van der Waals surface area contributed by atoms with Crippen LogP contribution in [0.4, 0.5) is 0 Å². The van der Waals surface area contributed by atoms with Crippen molar-refractivity contribution < 1.29 is 9.47 Å². The smallest absolute Gasteiger partial charge is 0.189 e. The van der Waals surface area contributed by atoms with Gasteiger partial charge < -0.3 is 14.8 Å². The summed E-state index contributed by atoms with van der Waals surface area (Å²) in [4.78, 5) is 0. The minimum Gasteiger partial charge on any atom is -0.466 e. The molecule has 1 aliphatic carbocycles. The molecular formula is C14H20BrNO2. The third kappa shape index (κ3) is 4.59. The highest BCUT2D eigenvalue weighted by Gasteiger charge is 2.21. The first-order chi connectivity index (χ1) is 8.79. The van der Waals surface area contributed by atoms with Gasteiger partial charge >= 0.3 is 0 Å². The van der Waals surface area contributed by atoms with Crippen molar-refractivity contribution in [3.8, 4) is 5.75 Å². The maximum atomic E-state index is 5.58. The second-order valence-electron chi connectivity index (χ2n) is 4.62. The van der Waals surface area contributed by atoms with E-state index >= 15 is 0 Å². The lowest BCUT2D eigenvalue weighted by Gasteiger charge is -2.10. The molecule has 0 radical (unpaired) electrons. The van der Waals surface area contributed by atoms with Gasteiger partial charge in [0.2, 0.25) is 0 Å². The molecule has 0 spiro atoms. The second kappa shape index (κ2) is 7.12. The quantitative estimate of drug-likeness (QED) is 0.590. The van der Waals surface area contributed by atoms with E-state index in [2.05, 4.69) is 40.3 Å². The van der Waals surface area contributed by atoms with Gasteiger partial charge in [0.05, 0.1) is 11.1 Å². The molecule has 18 heavy (non-hydrogen) atoms. The van der Waals surface area contributed by atoms with Gasteiger partial charge in [-0.15, -0.1) is 0 Å². The number of hydrogen-bond acceptors (Lipinski definition) is 3. The molecule has 1 fully saturated rings. The Bertz CT molecular complexity index is 380. The molecule has 100 valence electrons. The standard InChI is InChI=1S/C14H20BrNO2/c1-2-16-8-12-5-6-14(13(15)7-12)18-10-17-9-11-3-4-11/h5-7,11,16H,2-4,8-10H2,1H3. The van der Waals surface area contributed by atoms with Gasteiger partial charge in [0, 0.05) is 6.54 Å². The summed E-state index contributed by atoms with van der Waals surface area (Å²) in [6, 6.07) is 6.14. The molecule has 4 heteroatoms. The molecule has 0 aromatic heterocycles. The fraction of sp³-hybridized carbons (Fsp3) is 0.571. The molecule has 3 nitrogen and oxygen atoms in total. The third-order valence-electron chi connectivity index (χ3n) is 2.92. The lowest BCUT2D eigenvalue weighted by Crippen LogP contribution is -2.11. The molecular weight excluding hydrogens is 294 g/mol. The summed E-state index contributed by atoms with van der Waals surface area (Å²) < 4.78 is 12.0. The van der Waals surface area contributed by atoms with E-state index in [9.17, 15) is 0 Å². The Balaban J connectivity index is 1.76. The van der Waals surface area contributed by atoms with Crippen molar-refractivity contribution in [1.82, 2.24) is 5.32 Å². The summed E-state index contributed by atoms with van der Waals surface area (Å²) in [7, 11) is 0. The van der Waals surface area contributed by atoms with Crippen LogP contribution in [0.2, 0.25) is 0 Å². The number of hydrogen-bond donors (Lipinski definition) is 1. The second-order valence-corrected chi connectivity index (χ2v) is 5.48. The monoisotopic (exact) mass is 313 g/mol. The Morgan fingerprint density at radius 3 is 2.89 bits per heavy atom. The summed E-state index contributed by atoms with van der Waals surface area (Å²) in [6.45, 7) is 5.12. The molecule has 0 heterocycles. The zero-order chi connectivity index (χ0) is 12.8. The molecule has 1 saturated carbocycles. The highest BCUT2D eigenvalue weighted by molar-refractivity contribution is 9.10. The van der Waals surface area contributed by atoms with Crippen molar-refractivity contribution in [1.29, 1.82) is 0 Å². The van der Waals surface area contributed by atoms with E-state index in [0.717, 1.165) is 35.8 Å². The molecule has 1 N–H and O–H groups in total. The highest BCUT2D eigenvalue weighted by Crippen LogP contribution is 2.29. The van der Waals surface area contributed by atoms with Crippen LogP contribution in [0.3, 0.4) is 0 Å². The van der Waals surface area contributed by atoms with E-state index < -0.39 is 0 Å². The van der Waals surface area contributed by atoms with E-state index in [1.165, 1.54) is 18.4 Å². The fourth-order valence-electron chi connectivity index (χ4n) is 1.65. The minimum atomic E-state index is 0.335. The normalized spacial score (nSPS) is 14.8. The first-order valence-electron chi connectivity index (χ1n) is 6.49. The summed E-state index contributed by atoms with van der Waals surface area (Å²) in [6.07, 6.45) is 2.62. The molecule has 1 aliphatic rings. The lowest BCUT2D eigenvalue weighted by molar-refractivity contribution is 0.00956. The number of rotatable bonds is 8. The van der Waals surface area contributed by atoms with Crippen LogP contribution in [0.5, 0.6) is 5.75 Å². The lowest BCUT2D eigenvalue weighted by atomic mass is 10.2. The molecule has 0 unspecified atom stereocenters. The van der Waals surface area contributed by atoms with Gasteiger partial charge in [-0.1, -0.05) is 13.0 Å². The van der Waals surface area contributed by atoms with Gasteiger partial charge in [0.1, 0.15) is 5.75 Å². The van der Waals surface area contributed by atoms with Crippen LogP contribution in [0.25, 0.3) is 0 Å². The maximum Gasteiger partial charge on any atom is 0.189 e. The van der Waals surface area contributed by atoms with Crippen LogP contribution in [-0.2, 0) is 11.3 Å². The number of benzene rings is 1. The van der Waals surface area contributed by atoms with E-state index in [-0.39, 0.29) is 0 Å². The van der Waals surface area contributed by atoms with Gasteiger partial charge in [0.25, 0.3) is 0 Å². The van der Waals surface area contributed by atoms with Gasteiger partial charge in [0.15, 0.2) is 6.79 Å². The van der Waals surface area contributed by atoms with Crippen LogP contribution in [0, 0.1) is 5.92 Å². The van der Waals surface area contributed by atoms with Crippen LogP contribution in [-0.4, -0.2) is 19.9 Å². The highest BCUT2D eigenvalue weighted by atomic mass is 79.9. The Morgan fingerprint density at radius 1 is 1.39 bits per heavy atom. The zero-order valence-electron chi connectivity index (χ0n) is 10.7. The topological polar surface area (TPSA) is 30.5 Å². The predicted molar refractivity (Wildman–Crippen MR) is 75.7 cm³/mol. The molecule has 2 rings (SSSR count). The van der Waals surface area contributed by atoms with E-state index in [4.69, 9.17) is 9.47 Å². The van der Waals surface area contributed by atoms with Crippen molar-refractivity contribution in [2.24, 2.45) is 5.92 Å². The summed E-state index contributed by atoms with van der Waals surface area (Å²) >= 11 is 3.52. The van der Waals surface area contributed by atoms with Crippen LogP contribution >= 0.6 is 15.9 Å². The SMILES string of the molecule is CCNCc1ccc(OCOCC2CC2)c(Br)c1. The van der Waals surface area contributed by atoms with Crippen LogP contribution in [0.15, 0.2) is 22.7 Å². The number of ether oxygens (including phenoxy) is 2. The van der Waals surface area contributed by atoms with Crippen molar-refractivity contribution >= 4 is 15.9 Å². The zero-order valence-corrected chi connectivity index (χ0v) is 12.3. The summed E-state index contributed by atoms with van der Waals surface area (Å²) in [5.41, 5.74) is 1.25. The number of halogens is 1. The van der Waals surface area contributed by atoms with Gasteiger partial charge in [-0.2, -0.15) is 0 Å². The maximum absolute atomic E-state index is 5.58. The van der Waals surface area contributed by atoms with E-state index in [1.807, 2.05) is 6.07 Å². The Hall–Kier alpha value is -0.580. The van der Waals surface area contributed by atoms with E-state index in [1.54, 1.807) is 0 Å². The Labute approximate surface area is 117 Å². The third-order valence-corrected chi connectivity index (χ3v) is 3.54. The first-order valence-corrected chi connectivity index (χ1v) is 7.28. The molecule has 1 aromatic rings. The fourth-order valence-corrected chi connectivity index (χ4v) is 2.19. The Kier molecular flexibility index (Phi) is 5.47. The molecule has 0 bridgehead atoms. The largest absolute Gasteiger partial charge is 0.466 e. The Morgan fingerprint density at radius 2 is 2.22 bits per heavy atom.